The smallest absolute Gasteiger partial charge is 0.234 e. The van der Waals surface area contributed by atoms with E-state index in [0.29, 0.717) is 28.1 Å². The highest BCUT2D eigenvalue weighted by Crippen LogP contribution is 2.25. The normalized spacial score (nSPS) is 10.9. The summed E-state index contributed by atoms with van der Waals surface area (Å²) in [6, 6.07) is 13.2. The van der Waals surface area contributed by atoms with E-state index in [4.69, 9.17) is 5.84 Å². The number of anilines is 1. The van der Waals surface area contributed by atoms with Crippen LogP contribution in [0.3, 0.4) is 0 Å². The van der Waals surface area contributed by atoms with E-state index in [9.17, 15) is 13.6 Å². The van der Waals surface area contributed by atoms with Crippen LogP contribution in [0.25, 0.3) is 22.8 Å². The van der Waals surface area contributed by atoms with E-state index in [2.05, 4.69) is 25.7 Å². The van der Waals surface area contributed by atoms with Crippen molar-refractivity contribution in [3.05, 3.63) is 66.2 Å². The van der Waals surface area contributed by atoms with Crippen LogP contribution in [-0.4, -0.2) is 36.7 Å². The largest absolute Gasteiger partial charge is 0.335 e. The Labute approximate surface area is 173 Å². The summed E-state index contributed by atoms with van der Waals surface area (Å²) in [7, 11) is 0. The number of amides is 1. The maximum atomic E-state index is 13.2. The lowest BCUT2D eigenvalue weighted by molar-refractivity contribution is -0.113. The number of carbonyl (C=O) groups excluding carboxylic acids is 1. The number of nitrogens with zero attached hydrogens (tertiary/aromatic N) is 4. The summed E-state index contributed by atoms with van der Waals surface area (Å²) >= 11 is 1.08. The van der Waals surface area contributed by atoms with Crippen molar-refractivity contribution in [1.82, 2.24) is 25.1 Å². The summed E-state index contributed by atoms with van der Waals surface area (Å²) < 4.78 is 27.5. The van der Waals surface area contributed by atoms with Crippen molar-refractivity contribution in [3.63, 3.8) is 0 Å². The summed E-state index contributed by atoms with van der Waals surface area (Å²) in [6.07, 6.45) is 0. The molecule has 2 aromatic carbocycles. The molecule has 0 radical (unpaired) electrons. The standard InChI is InChI=1S/C19H15F2N7OS/c20-12-6-4-11(5-7-12)15-9-16(25-24-15)18-26-27-19(28(18)22)30-10-17(29)23-14-3-1-2-13(21)8-14/h1-9H,10,22H2,(H,23,29)(H,24,25). The molecule has 2 aromatic heterocycles. The molecule has 1 amide bonds. The van der Waals surface area contributed by atoms with Gasteiger partial charge in [-0.1, -0.05) is 17.8 Å². The van der Waals surface area contributed by atoms with E-state index in [1.165, 1.54) is 35.0 Å². The van der Waals surface area contributed by atoms with Crippen molar-refractivity contribution in [2.24, 2.45) is 0 Å². The van der Waals surface area contributed by atoms with Gasteiger partial charge in [0, 0.05) is 11.3 Å². The van der Waals surface area contributed by atoms with E-state index in [0.717, 1.165) is 17.3 Å². The SMILES string of the molecule is Nn1c(SCC(=O)Nc2cccc(F)c2)nnc1-c1cc(-c2ccc(F)cc2)n[nH]1. The monoisotopic (exact) mass is 427 g/mol. The van der Waals surface area contributed by atoms with Gasteiger partial charge in [0.05, 0.1) is 11.4 Å². The third-order valence-electron chi connectivity index (χ3n) is 4.06. The average molecular weight is 427 g/mol. The van der Waals surface area contributed by atoms with Gasteiger partial charge in [-0.05, 0) is 48.5 Å². The topological polar surface area (TPSA) is 115 Å². The van der Waals surface area contributed by atoms with Crippen molar-refractivity contribution in [2.45, 2.75) is 5.16 Å². The highest BCUT2D eigenvalue weighted by Gasteiger charge is 2.16. The molecule has 4 aromatic rings. The summed E-state index contributed by atoms with van der Waals surface area (Å²) in [5.74, 6) is 5.28. The molecule has 0 aliphatic heterocycles. The fourth-order valence-corrected chi connectivity index (χ4v) is 3.31. The number of thioether (sulfide) groups is 1. The summed E-state index contributed by atoms with van der Waals surface area (Å²) in [4.78, 5) is 12.1. The Hall–Kier alpha value is -3.73. The second-order valence-corrected chi connectivity index (χ2v) is 7.14. The predicted molar refractivity (Wildman–Crippen MR) is 109 cm³/mol. The lowest BCUT2D eigenvalue weighted by atomic mass is 10.1. The number of benzene rings is 2. The average Bonchev–Trinajstić information content (AvgIpc) is 3.34. The van der Waals surface area contributed by atoms with Crippen LogP contribution in [0.4, 0.5) is 14.5 Å². The van der Waals surface area contributed by atoms with Gasteiger partial charge in [0.1, 0.15) is 17.3 Å². The van der Waals surface area contributed by atoms with Crippen LogP contribution in [0.1, 0.15) is 0 Å². The molecule has 0 saturated carbocycles. The Morgan fingerprint density at radius 2 is 1.90 bits per heavy atom. The van der Waals surface area contributed by atoms with E-state index < -0.39 is 5.82 Å². The van der Waals surface area contributed by atoms with Crippen molar-refractivity contribution in [2.75, 3.05) is 16.9 Å². The molecule has 4 N–H and O–H groups in total. The van der Waals surface area contributed by atoms with Gasteiger partial charge in [-0.2, -0.15) is 5.10 Å². The first-order valence-corrected chi connectivity index (χ1v) is 9.68. The quantitative estimate of drug-likeness (QED) is 0.322. The van der Waals surface area contributed by atoms with Gasteiger partial charge in [0.2, 0.25) is 16.9 Å². The molecule has 0 fully saturated rings. The Kier molecular flexibility index (Phi) is 5.44. The van der Waals surface area contributed by atoms with Gasteiger partial charge in [-0.15, -0.1) is 10.2 Å². The van der Waals surface area contributed by atoms with Gasteiger partial charge in [-0.25, -0.2) is 13.5 Å². The zero-order valence-electron chi connectivity index (χ0n) is 15.3. The molecule has 0 unspecified atom stereocenters. The molecule has 11 heteroatoms. The minimum atomic E-state index is -0.439. The highest BCUT2D eigenvalue weighted by molar-refractivity contribution is 7.99. The molecule has 0 atom stereocenters. The van der Waals surface area contributed by atoms with E-state index in [1.807, 2.05) is 0 Å². The third kappa shape index (κ3) is 4.30. The summed E-state index contributed by atoms with van der Waals surface area (Å²) in [5.41, 5.74) is 2.20. The number of rotatable bonds is 6. The highest BCUT2D eigenvalue weighted by atomic mass is 32.2. The molecule has 4 rings (SSSR count). The Morgan fingerprint density at radius 1 is 1.10 bits per heavy atom. The predicted octanol–water partition coefficient (Wildman–Crippen LogP) is 3.06. The molecule has 8 nitrogen and oxygen atoms in total. The van der Waals surface area contributed by atoms with Crippen LogP contribution in [0.2, 0.25) is 0 Å². The number of hydrogen-bond donors (Lipinski definition) is 3. The van der Waals surface area contributed by atoms with E-state index in [-0.39, 0.29) is 17.5 Å². The maximum absolute atomic E-state index is 13.2. The number of halogens is 2. The van der Waals surface area contributed by atoms with Crippen molar-refractivity contribution >= 4 is 23.4 Å². The number of aromatic amines is 1. The zero-order valence-corrected chi connectivity index (χ0v) is 16.2. The van der Waals surface area contributed by atoms with Crippen LogP contribution in [-0.2, 0) is 4.79 Å². The third-order valence-corrected chi connectivity index (χ3v) is 5.01. The van der Waals surface area contributed by atoms with Crippen LogP contribution in [0.15, 0.2) is 59.8 Å². The molecule has 0 aliphatic rings. The first kappa shape index (κ1) is 19.6. The van der Waals surface area contributed by atoms with Crippen molar-refractivity contribution in [1.29, 1.82) is 0 Å². The Morgan fingerprint density at radius 3 is 2.67 bits per heavy atom. The van der Waals surface area contributed by atoms with E-state index in [1.54, 1.807) is 24.3 Å². The number of H-pyrrole nitrogens is 1. The lowest BCUT2D eigenvalue weighted by Gasteiger charge is -2.05. The molecule has 0 spiro atoms. The Balaban J connectivity index is 1.42. The lowest BCUT2D eigenvalue weighted by Crippen LogP contribution is -2.16. The van der Waals surface area contributed by atoms with Gasteiger partial charge >= 0.3 is 0 Å². The Bertz CT molecular complexity index is 1190. The minimum Gasteiger partial charge on any atom is -0.335 e. The van der Waals surface area contributed by atoms with Gasteiger partial charge in [-0.3, -0.25) is 9.89 Å². The number of nitrogen functional groups attached to an aromatic ring is 1. The molecule has 30 heavy (non-hydrogen) atoms. The number of hydrogen-bond acceptors (Lipinski definition) is 6. The molecule has 152 valence electrons. The molecule has 0 bridgehead atoms. The first-order chi connectivity index (χ1) is 14.5. The van der Waals surface area contributed by atoms with Crippen LogP contribution < -0.4 is 11.2 Å². The van der Waals surface area contributed by atoms with Gasteiger partial charge < -0.3 is 11.2 Å². The number of nitrogens with one attached hydrogen (secondary N) is 2. The maximum Gasteiger partial charge on any atom is 0.234 e. The first-order valence-electron chi connectivity index (χ1n) is 8.70. The number of carbonyl (C=O) groups is 1. The van der Waals surface area contributed by atoms with Crippen molar-refractivity contribution < 1.29 is 13.6 Å². The fraction of sp³-hybridized carbons (Fsp3) is 0.0526. The molecular formula is C19H15F2N7OS. The number of aromatic nitrogens is 5. The molecule has 2 heterocycles. The molecule has 0 saturated heterocycles. The fourth-order valence-electron chi connectivity index (χ4n) is 2.66. The summed E-state index contributed by atoms with van der Waals surface area (Å²) in [6.45, 7) is 0. The second-order valence-electron chi connectivity index (χ2n) is 6.20. The van der Waals surface area contributed by atoms with Gasteiger partial charge in [0.15, 0.2) is 0 Å². The second kappa shape index (κ2) is 8.33. The molecule has 0 aliphatic carbocycles. The minimum absolute atomic E-state index is 0.00958. The van der Waals surface area contributed by atoms with Crippen LogP contribution in [0.5, 0.6) is 0 Å². The van der Waals surface area contributed by atoms with E-state index >= 15 is 0 Å². The van der Waals surface area contributed by atoms with Crippen LogP contribution in [0, 0.1) is 11.6 Å². The van der Waals surface area contributed by atoms with Crippen molar-refractivity contribution in [3.8, 4) is 22.8 Å². The zero-order chi connectivity index (χ0) is 21.1. The summed E-state index contributed by atoms with van der Waals surface area (Å²) in [5, 5.41) is 17.9. The number of nitrogens with two attached hydrogens (primary N) is 1. The molecular weight excluding hydrogens is 412 g/mol. The van der Waals surface area contributed by atoms with Crippen LogP contribution >= 0.6 is 11.8 Å². The van der Waals surface area contributed by atoms with Gasteiger partial charge in [0.25, 0.3) is 0 Å².